The minimum atomic E-state index is -0.897. The number of hydrogen-bond acceptors (Lipinski definition) is 3. The molecule has 0 aliphatic carbocycles. The van der Waals surface area contributed by atoms with Gasteiger partial charge in [0.15, 0.2) is 0 Å². The van der Waals surface area contributed by atoms with Crippen molar-refractivity contribution in [1.29, 1.82) is 0 Å². The van der Waals surface area contributed by atoms with E-state index in [-0.39, 0.29) is 24.3 Å². The van der Waals surface area contributed by atoms with E-state index < -0.39 is 11.9 Å². The van der Waals surface area contributed by atoms with Crippen LogP contribution >= 0.6 is 0 Å². The van der Waals surface area contributed by atoms with Crippen molar-refractivity contribution < 1.29 is 19.5 Å². The molecule has 1 N–H and O–H groups in total. The topological polar surface area (TPSA) is 77.9 Å². The molecule has 1 aliphatic heterocycles. The molecule has 0 aromatic heterocycles. The number of nitrogens with zero attached hydrogens (tertiary/aromatic N) is 2. The molecular weight excluding hydrogens is 344 g/mol. The SMILES string of the molecule is CN(C)C(=O)c1ccc(C(=O)N2CC(C(=O)O)C(c3ccccc3)C2)cc1. The molecular formula is C21H22N2O4. The molecule has 0 spiro atoms. The quantitative estimate of drug-likeness (QED) is 0.901. The third kappa shape index (κ3) is 3.84. The van der Waals surface area contributed by atoms with E-state index in [2.05, 4.69) is 0 Å². The summed E-state index contributed by atoms with van der Waals surface area (Å²) >= 11 is 0. The smallest absolute Gasteiger partial charge is 0.308 e. The first kappa shape index (κ1) is 18.6. The number of aliphatic carboxylic acids is 1. The highest BCUT2D eigenvalue weighted by molar-refractivity contribution is 5.98. The second-order valence-corrected chi connectivity index (χ2v) is 6.95. The molecule has 0 radical (unpaired) electrons. The molecule has 2 atom stereocenters. The summed E-state index contributed by atoms with van der Waals surface area (Å²) in [6, 6.07) is 15.9. The molecule has 1 aliphatic rings. The summed E-state index contributed by atoms with van der Waals surface area (Å²) in [6.45, 7) is 0.532. The van der Waals surface area contributed by atoms with Gasteiger partial charge in [-0.3, -0.25) is 14.4 Å². The zero-order chi connectivity index (χ0) is 19.6. The van der Waals surface area contributed by atoms with Crippen LogP contribution in [0.3, 0.4) is 0 Å². The number of benzene rings is 2. The van der Waals surface area contributed by atoms with Gasteiger partial charge in [-0.05, 0) is 29.8 Å². The van der Waals surface area contributed by atoms with Crippen LogP contribution in [0.4, 0.5) is 0 Å². The minimum absolute atomic E-state index is 0.134. The van der Waals surface area contributed by atoms with Gasteiger partial charge < -0.3 is 14.9 Å². The Bertz CT molecular complexity index is 846. The van der Waals surface area contributed by atoms with E-state index in [1.165, 1.54) is 4.90 Å². The van der Waals surface area contributed by atoms with Crippen LogP contribution in [0.15, 0.2) is 54.6 Å². The van der Waals surface area contributed by atoms with Gasteiger partial charge in [-0.2, -0.15) is 0 Å². The van der Waals surface area contributed by atoms with Gasteiger partial charge in [-0.1, -0.05) is 30.3 Å². The zero-order valence-corrected chi connectivity index (χ0v) is 15.3. The summed E-state index contributed by atoms with van der Waals surface area (Å²) in [5.41, 5.74) is 1.87. The molecule has 1 heterocycles. The van der Waals surface area contributed by atoms with Crippen molar-refractivity contribution in [3.8, 4) is 0 Å². The predicted molar refractivity (Wildman–Crippen MR) is 101 cm³/mol. The molecule has 27 heavy (non-hydrogen) atoms. The third-order valence-electron chi connectivity index (χ3n) is 4.94. The van der Waals surface area contributed by atoms with E-state index in [0.29, 0.717) is 17.7 Å². The van der Waals surface area contributed by atoms with Gasteiger partial charge in [0, 0.05) is 44.2 Å². The van der Waals surface area contributed by atoms with Crippen molar-refractivity contribution in [2.75, 3.05) is 27.2 Å². The first-order valence-electron chi connectivity index (χ1n) is 8.77. The highest BCUT2D eigenvalue weighted by Crippen LogP contribution is 2.33. The third-order valence-corrected chi connectivity index (χ3v) is 4.94. The van der Waals surface area contributed by atoms with Crippen LogP contribution in [0.5, 0.6) is 0 Å². The van der Waals surface area contributed by atoms with Crippen molar-refractivity contribution >= 4 is 17.8 Å². The lowest BCUT2D eigenvalue weighted by Gasteiger charge is -2.17. The highest BCUT2D eigenvalue weighted by atomic mass is 16.4. The van der Waals surface area contributed by atoms with Crippen molar-refractivity contribution in [3.05, 3.63) is 71.3 Å². The molecule has 140 valence electrons. The summed E-state index contributed by atoms with van der Waals surface area (Å²) < 4.78 is 0. The lowest BCUT2D eigenvalue weighted by molar-refractivity contribution is -0.141. The maximum atomic E-state index is 12.8. The summed E-state index contributed by atoms with van der Waals surface area (Å²) in [7, 11) is 3.34. The molecule has 6 heteroatoms. The molecule has 0 saturated carbocycles. The molecule has 2 amide bonds. The summed E-state index contributed by atoms with van der Waals surface area (Å²) in [5.74, 6) is -2.12. The fourth-order valence-corrected chi connectivity index (χ4v) is 3.45. The molecule has 1 fully saturated rings. The average Bonchev–Trinajstić information content (AvgIpc) is 3.13. The lowest BCUT2D eigenvalue weighted by atomic mass is 9.89. The van der Waals surface area contributed by atoms with E-state index in [1.54, 1.807) is 43.3 Å². The van der Waals surface area contributed by atoms with Gasteiger partial charge in [-0.15, -0.1) is 0 Å². The second kappa shape index (κ2) is 7.61. The normalized spacial score (nSPS) is 19.0. The molecule has 0 bridgehead atoms. The van der Waals surface area contributed by atoms with Crippen molar-refractivity contribution in [2.45, 2.75) is 5.92 Å². The maximum absolute atomic E-state index is 12.8. The second-order valence-electron chi connectivity index (χ2n) is 6.95. The van der Waals surface area contributed by atoms with E-state index in [0.717, 1.165) is 5.56 Å². The monoisotopic (exact) mass is 366 g/mol. The van der Waals surface area contributed by atoms with Gasteiger partial charge >= 0.3 is 5.97 Å². The Labute approximate surface area is 158 Å². The first-order chi connectivity index (χ1) is 12.9. The average molecular weight is 366 g/mol. The summed E-state index contributed by atoms with van der Waals surface area (Å²) in [6.07, 6.45) is 0. The Morgan fingerprint density at radius 3 is 2.07 bits per heavy atom. The Morgan fingerprint density at radius 2 is 1.52 bits per heavy atom. The molecule has 2 aromatic carbocycles. The van der Waals surface area contributed by atoms with Crippen molar-refractivity contribution in [2.24, 2.45) is 5.92 Å². The number of carbonyl (C=O) groups is 3. The number of carboxylic acid groups (broad SMARTS) is 1. The molecule has 2 aromatic rings. The van der Waals surface area contributed by atoms with Crippen LogP contribution in [0.1, 0.15) is 32.2 Å². The number of hydrogen-bond donors (Lipinski definition) is 1. The van der Waals surface area contributed by atoms with Crippen LogP contribution in [0.2, 0.25) is 0 Å². The van der Waals surface area contributed by atoms with Crippen molar-refractivity contribution in [1.82, 2.24) is 9.80 Å². The van der Waals surface area contributed by atoms with Gasteiger partial charge in [0.1, 0.15) is 0 Å². The Hall–Kier alpha value is -3.15. The molecule has 6 nitrogen and oxygen atoms in total. The van der Waals surface area contributed by atoms with Crippen LogP contribution in [0.25, 0.3) is 0 Å². The van der Waals surface area contributed by atoms with Crippen LogP contribution in [-0.4, -0.2) is 59.9 Å². The van der Waals surface area contributed by atoms with E-state index in [9.17, 15) is 19.5 Å². The number of carbonyl (C=O) groups excluding carboxylic acids is 2. The van der Waals surface area contributed by atoms with Gasteiger partial charge in [0.25, 0.3) is 11.8 Å². The molecule has 1 saturated heterocycles. The number of rotatable bonds is 4. The van der Waals surface area contributed by atoms with E-state index in [1.807, 2.05) is 30.3 Å². The molecule has 2 unspecified atom stereocenters. The fraction of sp³-hybridized carbons (Fsp3) is 0.286. The maximum Gasteiger partial charge on any atom is 0.308 e. The Morgan fingerprint density at radius 1 is 0.926 bits per heavy atom. The first-order valence-corrected chi connectivity index (χ1v) is 8.77. The van der Waals surface area contributed by atoms with Crippen molar-refractivity contribution in [3.63, 3.8) is 0 Å². The largest absolute Gasteiger partial charge is 0.481 e. The van der Waals surface area contributed by atoms with Gasteiger partial charge in [-0.25, -0.2) is 0 Å². The predicted octanol–water partition coefficient (Wildman–Crippen LogP) is 2.33. The zero-order valence-electron chi connectivity index (χ0n) is 15.3. The van der Waals surface area contributed by atoms with Crippen LogP contribution in [0, 0.1) is 5.92 Å². The minimum Gasteiger partial charge on any atom is -0.481 e. The van der Waals surface area contributed by atoms with Gasteiger partial charge in [0.2, 0.25) is 0 Å². The fourth-order valence-electron chi connectivity index (χ4n) is 3.45. The lowest BCUT2D eigenvalue weighted by Crippen LogP contribution is -2.30. The van der Waals surface area contributed by atoms with E-state index >= 15 is 0 Å². The molecule has 3 rings (SSSR count). The van der Waals surface area contributed by atoms with Crippen LogP contribution in [-0.2, 0) is 4.79 Å². The van der Waals surface area contributed by atoms with E-state index in [4.69, 9.17) is 0 Å². The Kier molecular flexibility index (Phi) is 5.26. The van der Waals surface area contributed by atoms with Crippen LogP contribution < -0.4 is 0 Å². The summed E-state index contributed by atoms with van der Waals surface area (Å²) in [5, 5.41) is 9.58. The van der Waals surface area contributed by atoms with Gasteiger partial charge in [0.05, 0.1) is 5.92 Å². The standard InChI is InChI=1S/C21H22N2O4/c1-22(2)19(24)15-8-10-16(11-9-15)20(25)23-12-17(18(13-23)21(26)27)14-6-4-3-5-7-14/h3-11,17-18H,12-13H2,1-2H3,(H,26,27). The Balaban J connectivity index is 1.79. The summed E-state index contributed by atoms with van der Waals surface area (Å²) in [4.78, 5) is 39.6. The number of carboxylic acids is 1. The highest BCUT2D eigenvalue weighted by Gasteiger charge is 2.40. The number of amides is 2. The number of likely N-dealkylation sites (tertiary alicyclic amines) is 1.